The number of nitrogens with one attached hydrogen (secondary N) is 1. The van der Waals surface area contributed by atoms with E-state index in [-0.39, 0.29) is 17.8 Å². The zero-order valence-electron chi connectivity index (χ0n) is 12.0. The molecule has 0 aromatic heterocycles. The Kier molecular flexibility index (Phi) is 6.32. The largest absolute Gasteiger partial charge is 0.456 e. The molecule has 1 N–H and O–H groups in total. The predicted octanol–water partition coefficient (Wildman–Crippen LogP) is 2.58. The second-order valence-corrected chi connectivity index (χ2v) is 4.54. The summed E-state index contributed by atoms with van der Waals surface area (Å²) in [5.74, 6) is -1.05. The van der Waals surface area contributed by atoms with Gasteiger partial charge in [-0.15, -0.1) is 0 Å². The molecule has 0 saturated carbocycles. The Labute approximate surface area is 122 Å². The van der Waals surface area contributed by atoms with Gasteiger partial charge in [0, 0.05) is 12.5 Å². The molecule has 114 valence electrons. The van der Waals surface area contributed by atoms with Gasteiger partial charge in [0.15, 0.2) is 6.61 Å². The van der Waals surface area contributed by atoms with Gasteiger partial charge in [0.1, 0.15) is 5.69 Å². The first-order chi connectivity index (χ1) is 9.95. The van der Waals surface area contributed by atoms with Crippen LogP contribution in [0, 0.1) is 17.0 Å². The van der Waals surface area contributed by atoms with Crippen LogP contribution >= 0.6 is 0 Å². The van der Waals surface area contributed by atoms with Crippen molar-refractivity contribution >= 4 is 23.3 Å². The Balaban J connectivity index is 2.63. The third kappa shape index (κ3) is 5.21. The molecule has 7 heteroatoms. The van der Waals surface area contributed by atoms with Gasteiger partial charge < -0.3 is 10.1 Å². The number of esters is 1. The highest BCUT2D eigenvalue weighted by atomic mass is 16.6. The number of nitro benzene ring substituents is 1. The summed E-state index contributed by atoms with van der Waals surface area (Å²) in [6.45, 7) is 3.14. The van der Waals surface area contributed by atoms with Crippen molar-refractivity contribution in [1.82, 2.24) is 0 Å². The van der Waals surface area contributed by atoms with Crippen LogP contribution in [0.25, 0.3) is 0 Å². The number of hydrogen-bond donors (Lipinski definition) is 1. The molecule has 7 nitrogen and oxygen atoms in total. The minimum atomic E-state index is -0.600. The van der Waals surface area contributed by atoms with Crippen LogP contribution in [0.1, 0.15) is 31.7 Å². The Morgan fingerprint density at radius 2 is 2.10 bits per heavy atom. The molecule has 0 spiro atoms. The first-order valence-electron chi connectivity index (χ1n) is 6.65. The topological polar surface area (TPSA) is 98.5 Å². The van der Waals surface area contributed by atoms with Gasteiger partial charge in [-0.05, 0) is 18.9 Å². The zero-order valence-corrected chi connectivity index (χ0v) is 12.0. The highest BCUT2D eigenvalue weighted by Crippen LogP contribution is 2.27. The number of carbonyl (C=O) groups excluding carboxylic acids is 2. The van der Waals surface area contributed by atoms with Gasteiger partial charge in [-0.2, -0.15) is 0 Å². The highest BCUT2D eigenvalue weighted by Gasteiger charge is 2.18. The molecule has 0 saturated heterocycles. The van der Waals surface area contributed by atoms with E-state index in [1.165, 1.54) is 12.1 Å². The minimum absolute atomic E-state index is 0.122. The Morgan fingerprint density at radius 1 is 1.38 bits per heavy atom. The average molecular weight is 294 g/mol. The smallest absolute Gasteiger partial charge is 0.306 e. The fourth-order valence-corrected chi connectivity index (χ4v) is 1.68. The van der Waals surface area contributed by atoms with Crippen molar-refractivity contribution in [1.29, 1.82) is 0 Å². The number of anilines is 1. The lowest BCUT2D eigenvalue weighted by Gasteiger charge is -2.09. The van der Waals surface area contributed by atoms with Gasteiger partial charge in [-0.25, -0.2) is 0 Å². The number of amides is 1. The monoisotopic (exact) mass is 294 g/mol. The number of nitro groups is 1. The number of aryl methyl sites for hydroxylation is 1. The van der Waals surface area contributed by atoms with Crippen LogP contribution in [0.2, 0.25) is 0 Å². The van der Waals surface area contributed by atoms with Crippen LogP contribution in [-0.4, -0.2) is 23.4 Å². The summed E-state index contributed by atoms with van der Waals surface area (Å²) >= 11 is 0. The van der Waals surface area contributed by atoms with Crippen molar-refractivity contribution in [3.63, 3.8) is 0 Å². The Hall–Kier alpha value is -2.44. The summed E-state index contributed by atoms with van der Waals surface area (Å²) in [6, 6.07) is 4.49. The van der Waals surface area contributed by atoms with E-state index in [4.69, 9.17) is 4.74 Å². The van der Waals surface area contributed by atoms with Crippen LogP contribution in [0.15, 0.2) is 18.2 Å². The molecule has 1 rings (SSSR count). The summed E-state index contributed by atoms with van der Waals surface area (Å²) in [7, 11) is 0. The molecular weight excluding hydrogens is 276 g/mol. The van der Waals surface area contributed by atoms with Gasteiger partial charge >= 0.3 is 5.97 Å². The molecule has 0 aliphatic heterocycles. The third-order valence-electron chi connectivity index (χ3n) is 2.81. The Morgan fingerprint density at radius 3 is 2.71 bits per heavy atom. The number of unbranched alkanes of at least 4 members (excludes halogenated alkanes) is 1. The maximum absolute atomic E-state index is 11.7. The SMILES string of the molecule is CCCCC(=O)OCC(=O)Nc1c(C)cccc1[N+](=O)[O-]. The molecular formula is C14H18N2O5. The first kappa shape index (κ1) is 16.6. The highest BCUT2D eigenvalue weighted by molar-refractivity contribution is 5.95. The number of ether oxygens (including phenoxy) is 1. The van der Waals surface area contributed by atoms with Crippen LogP contribution in [0.5, 0.6) is 0 Å². The fourth-order valence-electron chi connectivity index (χ4n) is 1.68. The standard InChI is InChI=1S/C14H18N2O5/c1-3-4-8-13(18)21-9-12(17)15-14-10(2)6-5-7-11(14)16(19)20/h5-7H,3-4,8-9H2,1-2H3,(H,15,17). The number of para-hydroxylation sites is 1. The normalized spacial score (nSPS) is 10.0. The van der Waals surface area contributed by atoms with E-state index < -0.39 is 23.4 Å². The van der Waals surface area contributed by atoms with Crippen molar-refractivity contribution in [2.24, 2.45) is 0 Å². The molecule has 1 aromatic carbocycles. The molecule has 21 heavy (non-hydrogen) atoms. The summed E-state index contributed by atoms with van der Waals surface area (Å²) in [5, 5.41) is 13.3. The fraction of sp³-hybridized carbons (Fsp3) is 0.429. The van der Waals surface area contributed by atoms with E-state index in [2.05, 4.69) is 5.32 Å². The number of hydrogen-bond acceptors (Lipinski definition) is 5. The first-order valence-corrected chi connectivity index (χ1v) is 6.65. The van der Waals surface area contributed by atoms with E-state index >= 15 is 0 Å². The van der Waals surface area contributed by atoms with Crippen LogP contribution < -0.4 is 5.32 Å². The molecule has 1 aromatic rings. The number of nitrogens with zero attached hydrogens (tertiary/aromatic N) is 1. The van der Waals surface area contributed by atoms with Crippen molar-refractivity contribution in [2.45, 2.75) is 33.1 Å². The molecule has 1 amide bonds. The van der Waals surface area contributed by atoms with Crippen molar-refractivity contribution < 1.29 is 19.2 Å². The lowest BCUT2D eigenvalue weighted by Crippen LogP contribution is -2.21. The lowest BCUT2D eigenvalue weighted by atomic mass is 10.1. The van der Waals surface area contributed by atoms with Gasteiger partial charge in [0.2, 0.25) is 0 Å². The number of rotatable bonds is 7. The van der Waals surface area contributed by atoms with E-state index in [1.807, 2.05) is 6.92 Å². The van der Waals surface area contributed by atoms with Gasteiger partial charge in [0.05, 0.1) is 4.92 Å². The molecule has 0 fully saturated rings. The van der Waals surface area contributed by atoms with E-state index in [0.29, 0.717) is 12.0 Å². The van der Waals surface area contributed by atoms with E-state index in [9.17, 15) is 19.7 Å². The number of benzene rings is 1. The number of carbonyl (C=O) groups is 2. The zero-order chi connectivity index (χ0) is 15.8. The van der Waals surface area contributed by atoms with Gasteiger partial charge in [-0.3, -0.25) is 19.7 Å². The van der Waals surface area contributed by atoms with E-state index in [1.54, 1.807) is 13.0 Å². The third-order valence-corrected chi connectivity index (χ3v) is 2.81. The molecule has 0 radical (unpaired) electrons. The molecule has 0 atom stereocenters. The van der Waals surface area contributed by atoms with E-state index in [0.717, 1.165) is 6.42 Å². The van der Waals surface area contributed by atoms with Crippen LogP contribution in [0.4, 0.5) is 11.4 Å². The molecule has 0 heterocycles. The molecule has 0 aliphatic rings. The van der Waals surface area contributed by atoms with Crippen molar-refractivity contribution in [3.05, 3.63) is 33.9 Å². The van der Waals surface area contributed by atoms with Crippen molar-refractivity contribution in [2.75, 3.05) is 11.9 Å². The second kappa shape index (κ2) is 7.98. The Bertz CT molecular complexity index is 542. The van der Waals surface area contributed by atoms with Gasteiger partial charge in [-0.1, -0.05) is 25.5 Å². The van der Waals surface area contributed by atoms with Crippen LogP contribution in [0.3, 0.4) is 0 Å². The summed E-state index contributed by atoms with van der Waals surface area (Å²) in [6.07, 6.45) is 1.81. The molecule has 0 bridgehead atoms. The quantitative estimate of drug-likeness (QED) is 0.473. The minimum Gasteiger partial charge on any atom is -0.456 e. The summed E-state index contributed by atoms with van der Waals surface area (Å²) in [4.78, 5) is 33.3. The average Bonchev–Trinajstić information content (AvgIpc) is 2.44. The summed E-state index contributed by atoms with van der Waals surface area (Å²) in [5.41, 5.74) is 0.493. The van der Waals surface area contributed by atoms with Gasteiger partial charge in [0.25, 0.3) is 11.6 Å². The predicted molar refractivity (Wildman–Crippen MR) is 76.9 cm³/mol. The summed E-state index contributed by atoms with van der Waals surface area (Å²) < 4.78 is 4.80. The maximum atomic E-state index is 11.7. The van der Waals surface area contributed by atoms with Crippen LogP contribution in [-0.2, 0) is 14.3 Å². The van der Waals surface area contributed by atoms with Crippen molar-refractivity contribution in [3.8, 4) is 0 Å². The molecule has 0 aliphatic carbocycles. The maximum Gasteiger partial charge on any atom is 0.306 e. The lowest BCUT2D eigenvalue weighted by molar-refractivity contribution is -0.384. The second-order valence-electron chi connectivity index (χ2n) is 4.54. The molecule has 0 unspecified atom stereocenters.